The highest BCUT2D eigenvalue weighted by Crippen LogP contribution is 2.42. The summed E-state index contributed by atoms with van der Waals surface area (Å²) in [4.78, 5) is 31.2. The SMILES string of the molecule is CN1C(=O)C(C)(C)c2cc(-c3csc(NC(=O)c4ccc(Cl)cc4Cl)n3)ccc21. The van der Waals surface area contributed by atoms with Gasteiger partial charge in [0.15, 0.2) is 5.13 Å². The lowest BCUT2D eigenvalue weighted by Gasteiger charge is -2.16. The van der Waals surface area contributed by atoms with E-state index in [2.05, 4.69) is 10.3 Å². The molecular formula is C21H17Cl2N3O2S. The molecule has 2 amide bonds. The summed E-state index contributed by atoms with van der Waals surface area (Å²) in [6, 6.07) is 10.6. The first-order chi connectivity index (χ1) is 13.7. The highest BCUT2D eigenvalue weighted by atomic mass is 35.5. The Bertz CT molecular complexity index is 1160. The highest BCUT2D eigenvalue weighted by molar-refractivity contribution is 7.14. The molecule has 5 nitrogen and oxygen atoms in total. The van der Waals surface area contributed by atoms with E-state index in [1.807, 2.05) is 37.4 Å². The van der Waals surface area contributed by atoms with Crippen LogP contribution in [0.4, 0.5) is 10.8 Å². The van der Waals surface area contributed by atoms with Crippen LogP contribution in [0.5, 0.6) is 0 Å². The summed E-state index contributed by atoms with van der Waals surface area (Å²) in [7, 11) is 1.79. The Hall–Kier alpha value is -2.41. The highest BCUT2D eigenvalue weighted by Gasteiger charge is 2.42. The number of hydrogen-bond acceptors (Lipinski definition) is 4. The molecular weight excluding hydrogens is 429 g/mol. The molecule has 8 heteroatoms. The first kappa shape index (κ1) is 19.9. The van der Waals surface area contributed by atoms with Crippen LogP contribution in [0, 0.1) is 0 Å². The molecule has 0 spiro atoms. The quantitative estimate of drug-likeness (QED) is 0.568. The summed E-state index contributed by atoms with van der Waals surface area (Å²) >= 11 is 13.3. The van der Waals surface area contributed by atoms with E-state index in [0.717, 1.165) is 22.5 Å². The zero-order chi connectivity index (χ0) is 20.9. The zero-order valence-electron chi connectivity index (χ0n) is 15.9. The van der Waals surface area contributed by atoms with Gasteiger partial charge in [0.2, 0.25) is 5.91 Å². The third-order valence-corrected chi connectivity index (χ3v) is 6.37. The molecule has 4 rings (SSSR count). The molecule has 29 heavy (non-hydrogen) atoms. The van der Waals surface area contributed by atoms with E-state index in [1.165, 1.54) is 17.4 Å². The third-order valence-electron chi connectivity index (χ3n) is 5.07. The normalized spacial score (nSPS) is 14.8. The van der Waals surface area contributed by atoms with Crippen molar-refractivity contribution in [1.82, 2.24) is 4.98 Å². The molecule has 2 aromatic carbocycles. The van der Waals surface area contributed by atoms with Crippen molar-refractivity contribution >= 4 is 57.2 Å². The number of rotatable bonds is 3. The number of hydrogen-bond donors (Lipinski definition) is 1. The lowest BCUT2D eigenvalue weighted by atomic mass is 9.85. The number of nitrogens with zero attached hydrogens (tertiary/aromatic N) is 2. The van der Waals surface area contributed by atoms with Crippen LogP contribution in [0.15, 0.2) is 41.8 Å². The minimum Gasteiger partial charge on any atom is -0.314 e. The molecule has 0 unspecified atom stereocenters. The van der Waals surface area contributed by atoms with Crippen molar-refractivity contribution in [1.29, 1.82) is 0 Å². The standard InChI is InChI=1S/C21H17Cl2N3O2S/c1-21(2)14-8-11(4-7-17(14)26(3)19(21)28)16-10-29-20(24-16)25-18(27)13-6-5-12(22)9-15(13)23/h4-10H,1-3H3,(H,24,25,27). The Morgan fingerprint density at radius 2 is 1.93 bits per heavy atom. The fourth-order valence-corrected chi connectivity index (χ4v) is 4.64. The number of thiazole rings is 1. The van der Waals surface area contributed by atoms with Crippen LogP contribution in [0.1, 0.15) is 29.8 Å². The van der Waals surface area contributed by atoms with Crippen molar-refractivity contribution < 1.29 is 9.59 Å². The number of fused-ring (bicyclic) bond motifs is 1. The van der Waals surface area contributed by atoms with Gasteiger partial charge in [-0.2, -0.15) is 0 Å². The summed E-state index contributed by atoms with van der Waals surface area (Å²) in [5.41, 5.74) is 3.24. The molecule has 1 N–H and O–H groups in total. The van der Waals surface area contributed by atoms with Gasteiger partial charge < -0.3 is 4.90 Å². The number of carbonyl (C=O) groups is 2. The van der Waals surface area contributed by atoms with Crippen LogP contribution in [-0.2, 0) is 10.2 Å². The smallest absolute Gasteiger partial charge is 0.258 e. The lowest BCUT2D eigenvalue weighted by molar-refractivity contribution is -0.121. The number of benzene rings is 2. The van der Waals surface area contributed by atoms with Gasteiger partial charge in [-0.15, -0.1) is 11.3 Å². The predicted molar refractivity (Wildman–Crippen MR) is 118 cm³/mol. The van der Waals surface area contributed by atoms with Gasteiger partial charge in [-0.1, -0.05) is 29.3 Å². The Kier molecular flexibility index (Phi) is 4.89. The van der Waals surface area contributed by atoms with Crippen molar-refractivity contribution in [2.24, 2.45) is 0 Å². The minimum atomic E-state index is -0.585. The summed E-state index contributed by atoms with van der Waals surface area (Å²) in [5, 5.41) is 5.84. The summed E-state index contributed by atoms with van der Waals surface area (Å²) in [6.07, 6.45) is 0. The van der Waals surface area contributed by atoms with Gasteiger partial charge in [0, 0.05) is 28.7 Å². The van der Waals surface area contributed by atoms with Crippen LogP contribution >= 0.6 is 34.5 Å². The van der Waals surface area contributed by atoms with Crippen molar-refractivity contribution in [3.63, 3.8) is 0 Å². The van der Waals surface area contributed by atoms with Gasteiger partial charge in [-0.3, -0.25) is 14.9 Å². The largest absolute Gasteiger partial charge is 0.314 e. The van der Waals surface area contributed by atoms with E-state index in [0.29, 0.717) is 15.7 Å². The van der Waals surface area contributed by atoms with Crippen LogP contribution in [0.2, 0.25) is 10.0 Å². The third kappa shape index (κ3) is 3.41. The molecule has 0 aliphatic carbocycles. The summed E-state index contributed by atoms with van der Waals surface area (Å²) in [6.45, 7) is 3.84. The molecule has 3 aromatic rings. The van der Waals surface area contributed by atoms with E-state index in [4.69, 9.17) is 23.2 Å². The molecule has 0 atom stereocenters. The molecule has 1 aliphatic heterocycles. The van der Waals surface area contributed by atoms with Gasteiger partial charge >= 0.3 is 0 Å². The van der Waals surface area contributed by atoms with E-state index in [-0.39, 0.29) is 16.8 Å². The minimum absolute atomic E-state index is 0.0655. The van der Waals surface area contributed by atoms with Gasteiger partial charge in [0.25, 0.3) is 5.91 Å². The second kappa shape index (κ2) is 7.13. The first-order valence-electron chi connectivity index (χ1n) is 8.83. The second-order valence-corrected chi connectivity index (χ2v) is 9.04. The molecule has 1 aliphatic rings. The molecule has 2 heterocycles. The van der Waals surface area contributed by atoms with Gasteiger partial charge in [-0.25, -0.2) is 4.98 Å². The van der Waals surface area contributed by atoms with Crippen molar-refractivity contribution in [2.45, 2.75) is 19.3 Å². The number of aromatic nitrogens is 1. The maximum absolute atomic E-state index is 12.5. The number of halogens is 2. The molecule has 0 saturated heterocycles. The lowest BCUT2D eigenvalue weighted by Crippen LogP contribution is -2.33. The zero-order valence-corrected chi connectivity index (χ0v) is 18.2. The van der Waals surface area contributed by atoms with Crippen LogP contribution in [0.25, 0.3) is 11.3 Å². The number of amides is 2. The number of anilines is 2. The molecule has 0 saturated carbocycles. The number of carbonyl (C=O) groups excluding carboxylic acids is 2. The summed E-state index contributed by atoms with van der Waals surface area (Å²) in [5.74, 6) is -0.286. The maximum atomic E-state index is 12.5. The Morgan fingerprint density at radius 1 is 1.17 bits per heavy atom. The van der Waals surface area contributed by atoms with E-state index in [9.17, 15) is 9.59 Å². The predicted octanol–water partition coefficient (Wildman–Crippen LogP) is 5.62. The van der Waals surface area contributed by atoms with E-state index in [1.54, 1.807) is 24.1 Å². The topological polar surface area (TPSA) is 62.3 Å². The van der Waals surface area contributed by atoms with Crippen molar-refractivity contribution in [3.05, 3.63) is 63.0 Å². The van der Waals surface area contributed by atoms with Crippen LogP contribution in [0.3, 0.4) is 0 Å². The first-order valence-corrected chi connectivity index (χ1v) is 10.5. The number of nitrogens with one attached hydrogen (secondary N) is 1. The molecule has 0 fully saturated rings. The maximum Gasteiger partial charge on any atom is 0.258 e. The number of likely N-dealkylation sites (N-methyl/N-ethyl adjacent to an activating group) is 1. The summed E-state index contributed by atoms with van der Waals surface area (Å²) < 4.78 is 0. The second-order valence-electron chi connectivity index (χ2n) is 7.34. The Labute approximate surface area is 182 Å². The van der Waals surface area contributed by atoms with E-state index >= 15 is 0 Å². The molecule has 0 radical (unpaired) electrons. The fraction of sp³-hybridized carbons (Fsp3) is 0.190. The van der Waals surface area contributed by atoms with Crippen LogP contribution < -0.4 is 10.2 Å². The monoisotopic (exact) mass is 445 g/mol. The Morgan fingerprint density at radius 3 is 2.66 bits per heavy atom. The van der Waals surface area contributed by atoms with Crippen molar-refractivity contribution in [3.8, 4) is 11.3 Å². The molecule has 1 aromatic heterocycles. The Balaban J connectivity index is 1.60. The molecule has 148 valence electrons. The van der Waals surface area contributed by atoms with Gasteiger partial charge in [0.1, 0.15) is 0 Å². The van der Waals surface area contributed by atoms with E-state index < -0.39 is 5.41 Å². The van der Waals surface area contributed by atoms with Crippen LogP contribution in [-0.4, -0.2) is 23.8 Å². The molecule has 0 bridgehead atoms. The van der Waals surface area contributed by atoms with Gasteiger partial charge in [-0.05, 0) is 49.7 Å². The van der Waals surface area contributed by atoms with Crippen molar-refractivity contribution in [2.75, 3.05) is 17.3 Å². The fourth-order valence-electron chi connectivity index (χ4n) is 3.43. The average Bonchev–Trinajstić information content (AvgIpc) is 3.20. The average molecular weight is 446 g/mol. The van der Waals surface area contributed by atoms with Gasteiger partial charge in [0.05, 0.1) is 21.7 Å².